The average Bonchev–Trinajstić information content (AvgIpc) is 2.65. The van der Waals surface area contributed by atoms with Crippen molar-refractivity contribution in [1.82, 2.24) is 15.2 Å². The van der Waals surface area contributed by atoms with Crippen LogP contribution in [0.2, 0.25) is 5.02 Å². The summed E-state index contributed by atoms with van der Waals surface area (Å²) in [6, 6.07) is 11.0. The number of halogens is 1. The molecule has 6 nitrogen and oxygen atoms in total. The molecule has 3 rings (SSSR count). The molecule has 0 atom stereocenters. The number of carbonyl (C=O) groups excluding carboxylic acids is 2. The number of hydrogen-bond acceptors (Lipinski definition) is 4. The predicted molar refractivity (Wildman–Crippen MR) is 106 cm³/mol. The van der Waals surface area contributed by atoms with Crippen LogP contribution in [0.5, 0.6) is 0 Å². The number of nitrogens with one attached hydrogen (secondary N) is 2. The number of amides is 2. The van der Waals surface area contributed by atoms with Crippen molar-refractivity contribution in [2.45, 2.75) is 13.3 Å². The molecule has 1 aliphatic rings. The summed E-state index contributed by atoms with van der Waals surface area (Å²) in [5, 5.41) is 6.51. The maximum atomic E-state index is 12.9. The normalized spacial score (nSPS) is 15.0. The Bertz CT molecular complexity index is 832. The summed E-state index contributed by atoms with van der Waals surface area (Å²) in [7, 11) is 1.73. The van der Waals surface area contributed by atoms with Gasteiger partial charge in [0.15, 0.2) is 0 Å². The van der Waals surface area contributed by atoms with Crippen molar-refractivity contribution in [2.24, 2.45) is 5.41 Å². The molecular formula is C20H23ClN4O2. The monoisotopic (exact) mass is 386 g/mol. The van der Waals surface area contributed by atoms with Crippen molar-refractivity contribution in [3.05, 3.63) is 58.7 Å². The second-order valence-electron chi connectivity index (χ2n) is 6.75. The second-order valence-corrected chi connectivity index (χ2v) is 7.19. The van der Waals surface area contributed by atoms with Crippen LogP contribution in [-0.2, 0) is 11.2 Å². The lowest BCUT2D eigenvalue weighted by Gasteiger charge is -2.49. The van der Waals surface area contributed by atoms with Gasteiger partial charge in [-0.15, -0.1) is 0 Å². The lowest BCUT2D eigenvalue weighted by molar-refractivity contribution is -0.139. The summed E-state index contributed by atoms with van der Waals surface area (Å²) in [6.45, 7) is 3.20. The first kappa shape index (κ1) is 19.2. The number of rotatable bonds is 6. The van der Waals surface area contributed by atoms with Gasteiger partial charge in [-0.25, -0.2) is 4.98 Å². The molecule has 27 heavy (non-hydrogen) atoms. The van der Waals surface area contributed by atoms with Gasteiger partial charge in [0, 0.05) is 37.9 Å². The zero-order valence-electron chi connectivity index (χ0n) is 15.5. The zero-order valence-corrected chi connectivity index (χ0v) is 16.2. The Labute approximate surface area is 163 Å². The van der Waals surface area contributed by atoms with Gasteiger partial charge in [0.1, 0.15) is 5.82 Å². The standard InChI is InChI=1S/C20H23ClN4O2/c1-3-23-19(27)20(11-14-6-8-15(21)9-7-14)12-25(13-20)18(26)16-5-4-10-24-17(16)22-2/h4-10H,3,11-13H2,1-2H3,(H,22,24)(H,23,27). The minimum absolute atomic E-state index is 0.0240. The number of pyridine rings is 1. The topological polar surface area (TPSA) is 74.3 Å². The third kappa shape index (κ3) is 3.90. The van der Waals surface area contributed by atoms with Gasteiger partial charge in [0.05, 0.1) is 11.0 Å². The molecule has 0 aliphatic carbocycles. The summed E-state index contributed by atoms with van der Waals surface area (Å²) in [5.41, 5.74) is 0.910. The van der Waals surface area contributed by atoms with E-state index in [1.54, 1.807) is 30.3 Å². The summed E-state index contributed by atoms with van der Waals surface area (Å²) >= 11 is 5.96. The molecule has 0 unspecified atom stereocenters. The van der Waals surface area contributed by atoms with Crippen LogP contribution in [0, 0.1) is 5.41 Å². The fraction of sp³-hybridized carbons (Fsp3) is 0.350. The molecule has 2 heterocycles. The molecule has 1 aromatic heterocycles. The molecule has 142 valence electrons. The average molecular weight is 387 g/mol. The molecule has 2 amide bonds. The van der Waals surface area contributed by atoms with E-state index in [0.29, 0.717) is 42.5 Å². The number of likely N-dealkylation sites (tertiary alicyclic amines) is 1. The van der Waals surface area contributed by atoms with Crippen molar-refractivity contribution in [2.75, 3.05) is 32.0 Å². The lowest BCUT2D eigenvalue weighted by Crippen LogP contribution is -2.65. The van der Waals surface area contributed by atoms with Crippen LogP contribution < -0.4 is 10.6 Å². The summed E-state index contributed by atoms with van der Waals surface area (Å²) in [4.78, 5) is 31.5. The first-order valence-corrected chi connectivity index (χ1v) is 9.31. The maximum Gasteiger partial charge on any atom is 0.257 e. The van der Waals surface area contributed by atoms with E-state index < -0.39 is 5.41 Å². The third-order valence-electron chi connectivity index (χ3n) is 4.82. The molecule has 0 saturated carbocycles. The van der Waals surface area contributed by atoms with E-state index in [0.717, 1.165) is 5.56 Å². The summed E-state index contributed by atoms with van der Waals surface area (Å²) in [6.07, 6.45) is 2.20. The molecular weight excluding hydrogens is 364 g/mol. The summed E-state index contributed by atoms with van der Waals surface area (Å²) in [5.74, 6) is 0.392. The van der Waals surface area contributed by atoms with Gasteiger partial charge >= 0.3 is 0 Å². The molecule has 1 aliphatic heterocycles. The molecule has 0 radical (unpaired) electrons. The Morgan fingerprint density at radius 3 is 2.56 bits per heavy atom. The van der Waals surface area contributed by atoms with Crippen LogP contribution in [0.3, 0.4) is 0 Å². The zero-order chi connectivity index (χ0) is 19.4. The fourth-order valence-corrected chi connectivity index (χ4v) is 3.58. The van der Waals surface area contributed by atoms with Gasteiger partial charge < -0.3 is 15.5 Å². The lowest BCUT2D eigenvalue weighted by atomic mass is 9.73. The highest BCUT2D eigenvalue weighted by atomic mass is 35.5. The van der Waals surface area contributed by atoms with Crippen molar-refractivity contribution in [3.8, 4) is 0 Å². The Morgan fingerprint density at radius 2 is 1.93 bits per heavy atom. The first-order valence-electron chi connectivity index (χ1n) is 8.94. The van der Waals surface area contributed by atoms with Crippen LogP contribution in [0.15, 0.2) is 42.6 Å². The minimum Gasteiger partial charge on any atom is -0.372 e. The van der Waals surface area contributed by atoms with Crippen LogP contribution in [0.25, 0.3) is 0 Å². The molecule has 7 heteroatoms. The van der Waals surface area contributed by atoms with Gasteiger partial charge in [0.25, 0.3) is 5.91 Å². The Balaban J connectivity index is 1.78. The molecule has 1 aromatic carbocycles. The molecule has 2 aromatic rings. The number of nitrogens with zero attached hydrogens (tertiary/aromatic N) is 2. The van der Waals surface area contributed by atoms with E-state index in [4.69, 9.17) is 11.6 Å². The molecule has 0 bridgehead atoms. The third-order valence-corrected chi connectivity index (χ3v) is 5.08. The highest BCUT2D eigenvalue weighted by Gasteiger charge is 2.51. The van der Waals surface area contributed by atoms with E-state index >= 15 is 0 Å². The van der Waals surface area contributed by atoms with Crippen molar-refractivity contribution in [1.29, 1.82) is 0 Å². The Morgan fingerprint density at radius 1 is 1.22 bits per heavy atom. The minimum atomic E-state index is -0.623. The number of aromatic nitrogens is 1. The SMILES string of the molecule is CCNC(=O)C1(Cc2ccc(Cl)cc2)CN(C(=O)c2cccnc2NC)C1. The number of anilines is 1. The van der Waals surface area contributed by atoms with E-state index in [9.17, 15) is 9.59 Å². The smallest absolute Gasteiger partial charge is 0.257 e. The highest BCUT2D eigenvalue weighted by Crippen LogP contribution is 2.36. The van der Waals surface area contributed by atoms with E-state index in [-0.39, 0.29) is 11.8 Å². The number of benzene rings is 1. The Kier molecular flexibility index (Phi) is 5.65. The van der Waals surface area contributed by atoms with Crippen molar-refractivity contribution in [3.63, 3.8) is 0 Å². The molecule has 0 spiro atoms. The van der Waals surface area contributed by atoms with Crippen molar-refractivity contribution < 1.29 is 9.59 Å². The van der Waals surface area contributed by atoms with Crippen LogP contribution in [-0.4, -0.2) is 48.4 Å². The predicted octanol–water partition coefficient (Wildman–Crippen LogP) is 2.60. The largest absolute Gasteiger partial charge is 0.372 e. The van der Waals surface area contributed by atoms with Gasteiger partial charge in [0.2, 0.25) is 5.91 Å². The molecule has 1 fully saturated rings. The van der Waals surface area contributed by atoms with E-state index in [1.807, 2.05) is 31.2 Å². The van der Waals surface area contributed by atoms with Crippen LogP contribution in [0.1, 0.15) is 22.8 Å². The van der Waals surface area contributed by atoms with Gasteiger partial charge in [-0.3, -0.25) is 9.59 Å². The number of carbonyl (C=O) groups is 2. The molecule has 1 saturated heterocycles. The number of hydrogen-bond donors (Lipinski definition) is 2. The Hall–Kier alpha value is -2.60. The van der Waals surface area contributed by atoms with Gasteiger partial charge in [-0.2, -0.15) is 0 Å². The van der Waals surface area contributed by atoms with E-state index in [1.165, 1.54) is 0 Å². The van der Waals surface area contributed by atoms with Crippen LogP contribution >= 0.6 is 11.6 Å². The quantitative estimate of drug-likeness (QED) is 0.800. The maximum absolute atomic E-state index is 12.9. The van der Waals surface area contributed by atoms with E-state index in [2.05, 4.69) is 15.6 Å². The van der Waals surface area contributed by atoms with Crippen LogP contribution in [0.4, 0.5) is 5.82 Å². The van der Waals surface area contributed by atoms with Crippen molar-refractivity contribution >= 4 is 29.2 Å². The van der Waals surface area contributed by atoms with Gasteiger partial charge in [-0.05, 0) is 43.2 Å². The fourth-order valence-electron chi connectivity index (χ4n) is 3.45. The van der Waals surface area contributed by atoms with Gasteiger partial charge in [-0.1, -0.05) is 23.7 Å². The highest BCUT2D eigenvalue weighted by molar-refractivity contribution is 6.30. The second kappa shape index (κ2) is 7.96. The molecule has 2 N–H and O–H groups in total. The first-order chi connectivity index (χ1) is 13.0. The summed E-state index contributed by atoms with van der Waals surface area (Å²) < 4.78 is 0.